The van der Waals surface area contributed by atoms with Crippen molar-refractivity contribution in [2.24, 2.45) is 0 Å². The zero-order valence-electron chi connectivity index (χ0n) is 12.9. The maximum atomic E-state index is 13.4. The highest BCUT2D eigenvalue weighted by atomic mass is 19.1. The number of rotatable bonds is 7. The van der Waals surface area contributed by atoms with Gasteiger partial charge in [0.2, 0.25) is 0 Å². The highest BCUT2D eigenvalue weighted by Crippen LogP contribution is 2.17. The molecular weight excluding hydrogens is 311 g/mol. The first kappa shape index (κ1) is 17.2. The van der Waals surface area contributed by atoms with E-state index in [1.54, 1.807) is 36.4 Å². The van der Waals surface area contributed by atoms with E-state index in [1.165, 1.54) is 18.2 Å². The smallest absolute Gasteiger partial charge is 0.262 e. The molecule has 0 bridgehead atoms. The number of para-hydroxylation sites is 2. The first-order valence-electron chi connectivity index (χ1n) is 7.27. The van der Waals surface area contributed by atoms with Crippen molar-refractivity contribution in [2.45, 2.75) is 0 Å². The van der Waals surface area contributed by atoms with Crippen LogP contribution in [0.1, 0.15) is 10.4 Å². The average molecular weight is 328 g/mol. The van der Waals surface area contributed by atoms with Crippen molar-refractivity contribution in [3.8, 4) is 5.75 Å². The largest absolute Gasteiger partial charge is 0.481 e. The molecule has 0 aliphatic rings. The van der Waals surface area contributed by atoms with Crippen LogP contribution in [0.25, 0.3) is 0 Å². The third kappa shape index (κ3) is 4.67. The summed E-state index contributed by atoms with van der Waals surface area (Å²) in [5.74, 6) is -1.39. The SMILES string of the molecule is C=CCNC(=O)c1ccccc1NC(=O)COc1ccccc1F. The summed E-state index contributed by atoms with van der Waals surface area (Å²) in [6, 6.07) is 12.4. The van der Waals surface area contributed by atoms with Gasteiger partial charge in [0.25, 0.3) is 11.8 Å². The fraction of sp³-hybridized carbons (Fsp3) is 0.111. The molecule has 2 amide bonds. The van der Waals surface area contributed by atoms with E-state index >= 15 is 0 Å². The second-order valence-electron chi connectivity index (χ2n) is 4.81. The van der Waals surface area contributed by atoms with Crippen LogP contribution in [-0.4, -0.2) is 25.0 Å². The Bertz CT molecular complexity index is 747. The summed E-state index contributed by atoms with van der Waals surface area (Å²) in [4.78, 5) is 24.0. The van der Waals surface area contributed by atoms with E-state index in [1.807, 2.05) is 0 Å². The summed E-state index contributed by atoms with van der Waals surface area (Å²) < 4.78 is 18.6. The molecule has 2 rings (SSSR count). The third-order valence-electron chi connectivity index (χ3n) is 3.05. The number of nitrogens with one attached hydrogen (secondary N) is 2. The summed E-state index contributed by atoms with van der Waals surface area (Å²) in [5, 5.41) is 5.22. The molecule has 124 valence electrons. The van der Waals surface area contributed by atoms with Crippen molar-refractivity contribution in [2.75, 3.05) is 18.5 Å². The van der Waals surface area contributed by atoms with E-state index in [-0.39, 0.29) is 18.3 Å². The summed E-state index contributed by atoms with van der Waals surface area (Å²) >= 11 is 0. The normalized spacial score (nSPS) is 9.88. The van der Waals surface area contributed by atoms with Gasteiger partial charge in [0.05, 0.1) is 11.3 Å². The Kier molecular flexibility index (Phi) is 6.08. The maximum Gasteiger partial charge on any atom is 0.262 e. The van der Waals surface area contributed by atoms with Gasteiger partial charge in [-0.15, -0.1) is 6.58 Å². The number of amides is 2. The lowest BCUT2D eigenvalue weighted by molar-refractivity contribution is -0.118. The van der Waals surface area contributed by atoms with Gasteiger partial charge in [-0.3, -0.25) is 9.59 Å². The number of anilines is 1. The van der Waals surface area contributed by atoms with E-state index in [0.717, 1.165) is 0 Å². The number of benzene rings is 2. The van der Waals surface area contributed by atoms with E-state index in [0.29, 0.717) is 17.8 Å². The lowest BCUT2D eigenvalue weighted by Crippen LogP contribution is -2.26. The molecule has 2 N–H and O–H groups in total. The zero-order chi connectivity index (χ0) is 17.4. The molecule has 0 aliphatic heterocycles. The van der Waals surface area contributed by atoms with Crippen LogP contribution >= 0.6 is 0 Å². The van der Waals surface area contributed by atoms with Gasteiger partial charge in [-0.1, -0.05) is 30.3 Å². The average Bonchev–Trinajstić information content (AvgIpc) is 2.59. The molecule has 6 heteroatoms. The molecule has 0 unspecified atom stereocenters. The quantitative estimate of drug-likeness (QED) is 0.768. The molecule has 0 atom stereocenters. The van der Waals surface area contributed by atoms with Gasteiger partial charge < -0.3 is 15.4 Å². The molecule has 24 heavy (non-hydrogen) atoms. The minimum absolute atomic E-state index is 0.00957. The molecule has 5 nitrogen and oxygen atoms in total. The van der Waals surface area contributed by atoms with Crippen molar-refractivity contribution in [1.82, 2.24) is 5.32 Å². The summed E-state index contributed by atoms with van der Waals surface area (Å²) in [7, 11) is 0. The van der Waals surface area contributed by atoms with Gasteiger partial charge in [-0.25, -0.2) is 4.39 Å². The topological polar surface area (TPSA) is 67.4 Å². The number of hydrogen-bond donors (Lipinski definition) is 2. The fourth-order valence-electron chi connectivity index (χ4n) is 1.94. The molecule has 2 aromatic rings. The standard InChI is InChI=1S/C18H17FN2O3/c1-2-11-20-18(23)13-7-3-5-9-15(13)21-17(22)12-24-16-10-6-4-8-14(16)19/h2-10H,1,11-12H2,(H,20,23)(H,21,22). The van der Waals surface area contributed by atoms with Crippen LogP contribution in [0, 0.1) is 5.82 Å². The van der Waals surface area contributed by atoms with E-state index in [2.05, 4.69) is 17.2 Å². The van der Waals surface area contributed by atoms with Crippen molar-refractivity contribution in [3.63, 3.8) is 0 Å². The third-order valence-corrected chi connectivity index (χ3v) is 3.05. The van der Waals surface area contributed by atoms with Crippen LogP contribution in [0.5, 0.6) is 5.75 Å². The first-order chi connectivity index (χ1) is 11.6. The Balaban J connectivity index is 2.00. The predicted octanol–water partition coefficient (Wildman–Crippen LogP) is 2.76. The lowest BCUT2D eigenvalue weighted by atomic mass is 10.1. The van der Waals surface area contributed by atoms with Crippen LogP contribution in [0.15, 0.2) is 61.2 Å². The summed E-state index contributed by atoms with van der Waals surface area (Å²) in [5.41, 5.74) is 0.666. The first-order valence-corrected chi connectivity index (χ1v) is 7.27. The van der Waals surface area contributed by atoms with Gasteiger partial charge in [-0.2, -0.15) is 0 Å². The molecule has 0 heterocycles. The Hall–Kier alpha value is -3.15. The monoisotopic (exact) mass is 328 g/mol. The minimum Gasteiger partial charge on any atom is -0.481 e. The molecule has 0 radical (unpaired) electrons. The number of ether oxygens (including phenoxy) is 1. The highest BCUT2D eigenvalue weighted by molar-refractivity contribution is 6.04. The van der Waals surface area contributed by atoms with Crippen molar-refractivity contribution < 1.29 is 18.7 Å². The van der Waals surface area contributed by atoms with Crippen LogP contribution in [-0.2, 0) is 4.79 Å². The Morgan fingerprint density at radius 3 is 2.58 bits per heavy atom. The maximum absolute atomic E-state index is 13.4. The van der Waals surface area contributed by atoms with Gasteiger partial charge >= 0.3 is 0 Å². The van der Waals surface area contributed by atoms with E-state index < -0.39 is 11.7 Å². The van der Waals surface area contributed by atoms with Crippen LogP contribution in [0.2, 0.25) is 0 Å². The number of halogens is 1. The van der Waals surface area contributed by atoms with Crippen LogP contribution < -0.4 is 15.4 Å². The van der Waals surface area contributed by atoms with Crippen molar-refractivity contribution in [1.29, 1.82) is 0 Å². The van der Waals surface area contributed by atoms with Gasteiger partial charge in [-0.05, 0) is 24.3 Å². The summed E-state index contributed by atoms with van der Waals surface area (Å²) in [6.07, 6.45) is 1.56. The molecule has 2 aromatic carbocycles. The highest BCUT2D eigenvalue weighted by Gasteiger charge is 2.13. The van der Waals surface area contributed by atoms with E-state index in [9.17, 15) is 14.0 Å². The van der Waals surface area contributed by atoms with Crippen molar-refractivity contribution in [3.05, 3.63) is 72.6 Å². The van der Waals surface area contributed by atoms with E-state index in [4.69, 9.17) is 4.74 Å². The number of carbonyl (C=O) groups excluding carboxylic acids is 2. The second kappa shape index (κ2) is 8.47. The fourth-order valence-corrected chi connectivity index (χ4v) is 1.94. The molecule has 0 saturated carbocycles. The Morgan fingerprint density at radius 1 is 1.12 bits per heavy atom. The van der Waals surface area contributed by atoms with Crippen LogP contribution in [0.4, 0.5) is 10.1 Å². The Labute approximate surface area is 139 Å². The zero-order valence-corrected chi connectivity index (χ0v) is 12.9. The van der Waals surface area contributed by atoms with Crippen LogP contribution in [0.3, 0.4) is 0 Å². The predicted molar refractivity (Wildman–Crippen MR) is 89.5 cm³/mol. The molecular formula is C18H17FN2O3. The molecule has 0 aromatic heterocycles. The molecule has 0 saturated heterocycles. The van der Waals surface area contributed by atoms with Gasteiger partial charge in [0.1, 0.15) is 0 Å². The molecule has 0 spiro atoms. The van der Waals surface area contributed by atoms with Crippen molar-refractivity contribution >= 4 is 17.5 Å². The Morgan fingerprint density at radius 2 is 1.83 bits per heavy atom. The summed E-state index contributed by atoms with van der Waals surface area (Å²) in [6.45, 7) is 3.47. The number of hydrogen-bond acceptors (Lipinski definition) is 3. The minimum atomic E-state index is -0.547. The molecule has 0 fully saturated rings. The van der Waals surface area contributed by atoms with Gasteiger partial charge in [0, 0.05) is 6.54 Å². The lowest BCUT2D eigenvalue weighted by Gasteiger charge is -2.11. The second-order valence-corrected chi connectivity index (χ2v) is 4.81. The number of carbonyl (C=O) groups is 2. The molecule has 0 aliphatic carbocycles. The van der Waals surface area contributed by atoms with Gasteiger partial charge in [0.15, 0.2) is 18.2 Å².